The maximum Gasteiger partial charge on any atom is 0.310 e. The molecule has 0 aliphatic carbocycles. The Balaban J connectivity index is 2.53. The van der Waals surface area contributed by atoms with Gasteiger partial charge in [0, 0.05) is 25.5 Å². The van der Waals surface area contributed by atoms with Crippen molar-refractivity contribution < 1.29 is 9.90 Å². The fourth-order valence-electron chi connectivity index (χ4n) is 1.63. The quantitative estimate of drug-likeness (QED) is 0.715. The van der Waals surface area contributed by atoms with E-state index in [2.05, 4.69) is 12.2 Å². The summed E-state index contributed by atoms with van der Waals surface area (Å²) >= 11 is 0. The molecule has 0 bridgehead atoms. The van der Waals surface area contributed by atoms with Gasteiger partial charge in [-0.1, -0.05) is 6.92 Å². The van der Waals surface area contributed by atoms with Gasteiger partial charge in [0.1, 0.15) is 0 Å². The van der Waals surface area contributed by atoms with Gasteiger partial charge in [-0.05, 0) is 38.4 Å². The summed E-state index contributed by atoms with van der Waals surface area (Å²) < 4.78 is 1.94. The molecule has 0 aliphatic rings. The van der Waals surface area contributed by atoms with Crippen LogP contribution in [-0.2, 0) is 17.9 Å². The second kappa shape index (κ2) is 5.87. The SMILES string of the molecule is CCCNCc1ccn(CC(C)(C)C(=O)O)c1. The summed E-state index contributed by atoms with van der Waals surface area (Å²) in [5.41, 5.74) is 0.465. The monoisotopic (exact) mass is 238 g/mol. The summed E-state index contributed by atoms with van der Waals surface area (Å²) in [5.74, 6) is -0.767. The van der Waals surface area contributed by atoms with Crippen molar-refractivity contribution >= 4 is 5.97 Å². The highest BCUT2D eigenvalue weighted by atomic mass is 16.4. The molecule has 96 valence electrons. The molecule has 1 aromatic rings. The van der Waals surface area contributed by atoms with Crippen LogP contribution in [0.15, 0.2) is 18.5 Å². The minimum Gasteiger partial charge on any atom is -0.481 e. The lowest BCUT2D eigenvalue weighted by Gasteiger charge is -2.19. The lowest BCUT2D eigenvalue weighted by Crippen LogP contribution is -2.28. The van der Waals surface area contributed by atoms with Gasteiger partial charge in [0.05, 0.1) is 5.41 Å². The third kappa shape index (κ3) is 4.23. The van der Waals surface area contributed by atoms with Crippen molar-refractivity contribution in [3.63, 3.8) is 0 Å². The Bertz CT molecular complexity index is 369. The van der Waals surface area contributed by atoms with Gasteiger partial charge in [0.15, 0.2) is 0 Å². The van der Waals surface area contributed by atoms with Gasteiger partial charge in [-0.15, -0.1) is 0 Å². The van der Waals surface area contributed by atoms with Crippen molar-refractivity contribution in [3.8, 4) is 0 Å². The Morgan fingerprint density at radius 1 is 1.53 bits per heavy atom. The van der Waals surface area contributed by atoms with Crippen LogP contribution in [0.1, 0.15) is 32.8 Å². The van der Waals surface area contributed by atoms with Crippen molar-refractivity contribution in [2.24, 2.45) is 5.41 Å². The molecule has 4 heteroatoms. The number of aromatic nitrogens is 1. The van der Waals surface area contributed by atoms with E-state index < -0.39 is 11.4 Å². The molecule has 2 N–H and O–H groups in total. The van der Waals surface area contributed by atoms with Crippen LogP contribution in [0.4, 0.5) is 0 Å². The Morgan fingerprint density at radius 2 is 2.24 bits per heavy atom. The fourth-order valence-corrected chi connectivity index (χ4v) is 1.63. The maximum absolute atomic E-state index is 11.0. The molecule has 0 saturated heterocycles. The summed E-state index contributed by atoms with van der Waals surface area (Å²) in [7, 11) is 0. The van der Waals surface area contributed by atoms with Gasteiger partial charge >= 0.3 is 5.97 Å². The van der Waals surface area contributed by atoms with Crippen LogP contribution in [0, 0.1) is 5.41 Å². The average Bonchev–Trinajstić information content (AvgIpc) is 2.65. The van der Waals surface area contributed by atoms with E-state index in [9.17, 15) is 4.79 Å². The molecule has 1 aromatic heterocycles. The molecule has 0 atom stereocenters. The highest BCUT2D eigenvalue weighted by Crippen LogP contribution is 2.18. The van der Waals surface area contributed by atoms with Crippen LogP contribution >= 0.6 is 0 Å². The van der Waals surface area contributed by atoms with Gasteiger partial charge in [0.2, 0.25) is 0 Å². The van der Waals surface area contributed by atoms with E-state index in [-0.39, 0.29) is 0 Å². The number of aliphatic carboxylic acids is 1. The lowest BCUT2D eigenvalue weighted by atomic mass is 9.94. The molecule has 0 saturated carbocycles. The number of nitrogens with one attached hydrogen (secondary N) is 1. The number of carbonyl (C=O) groups is 1. The summed E-state index contributed by atoms with van der Waals surface area (Å²) in [4.78, 5) is 11.0. The Kier molecular flexibility index (Phi) is 4.75. The van der Waals surface area contributed by atoms with Crippen molar-refractivity contribution in [2.75, 3.05) is 6.54 Å². The molecule has 1 rings (SSSR count). The van der Waals surface area contributed by atoms with E-state index in [1.165, 1.54) is 5.56 Å². The molecular formula is C13H22N2O2. The molecule has 0 fully saturated rings. The first kappa shape index (κ1) is 13.8. The number of carboxylic acid groups (broad SMARTS) is 1. The van der Waals surface area contributed by atoms with Gasteiger partial charge < -0.3 is 15.0 Å². The van der Waals surface area contributed by atoms with Crippen molar-refractivity contribution in [1.82, 2.24) is 9.88 Å². The Labute approximate surface area is 103 Å². The molecule has 0 amide bonds. The van der Waals surface area contributed by atoms with Crippen LogP contribution in [0.2, 0.25) is 0 Å². The molecule has 4 nitrogen and oxygen atoms in total. The molecule has 0 spiro atoms. The van der Waals surface area contributed by atoms with Crippen LogP contribution in [0.3, 0.4) is 0 Å². The van der Waals surface area contributed by atoms with E-state index in [0.717, 1.165) is 19.5 Å². The molecule has 1 heterocycles. The molecule has 0 aromatic carbocycles. The zero-order chi connectivity index (χ0) is 12.9. The number of hydrogen-bond donors (Lipinski definition) is 2. The first-order valence-corrected chi connectivity index (χ1v) is 6.04. The molecule has 0 aliphatic heterocycles. The molecule has 17 heavy (non-hydrogen) atoms. The zero-order valence-corrected chi connectivity index (χ0v) is 10.9. The first-order chi connectivity index (χ1) is 7.95. The minimum atomic E-state index is -0.767. The predicted molar refractivity (Wildman–Crippen MR) is 67.8 cm³/mol. The predicted octanol–water partition coefficient (Wildman–Crippen LogP) is 2.10. The summed E-state index contributed by atoms with van der Waals surface area (Å²) in [6, 6.07) is 2.03. The fraction of sp³-hybridized carbons (Fsp3) is 0.615. The largest absolute Gasteiger partial charge is 0.481 e. The lowest BCUT2D eigenvalue weighted by molar-refractivity contribution is -0.147. The smallest absolute Gasteiger partial charge is 0.310 e. The topological polar surface area (TPSA) is 54.3 Å². The average molecular weight is 238 g/mol. The second-order valence-corrected chi connectivity index (χ2v) is 5.06. The highest BCUT2D eigenvalue weighted by molar-refractivity contribution is 5.73. The number of hydrogen-bond acceptors (Lipinski definition) is 2. The van der Waals surface area contributed by atoms with Gasteiger partial charge in [0.25, 0.3) is 0 Å². The second-order valence-electron chi connectivity index (χ2n) is 5.06. The van der Waals surface area contributed by atoms with E-state index in [0.29, 0.717) is 6.54 Å². The normalized spacial score (nSPS) is 11.7. The van der Waals surface area contributed by atoms with Crippen molar-refractivity contribution in [2.45, 2.75) is 40.3 Å². The van der Waals surface area contributed by atoms with E-state index in [1.807, 2.05) is 23.0 Å². The van der Waals surface area contributed by atoms with E-state index in [4.69, 9.17) is 5.11 Å². The standard InChI is InChI=1S/C13H22N2O2/c1-4-6-14-8-11-5-7-15(9-11)10-13(2,3)12(16)17/h5,7,9,14H,4,6,8,10H2,1-3H3,(H,16,17). The maximum atomic E-state index is 11.0. The number of carboxylic acids is 1. The highest BCUT2D eigenvalue weighted by Gasteiger charge is 2.27. The first-order valence-electron chi connectivity index (χ1n) is 6.04. The van der Waals surface area contributed by atoms with E-state index >= 15 is 0 Å². The van der Waals surface area contributed by atoms with Gasteiger partial charge in [-0.3, -0.25) is 4.79 Å². The van der Waals surface area contributed by atoms with Crippen LogP contribution in [0.5, 0.6) is 0 Å². The number of nitrogens with zero attached hydrogens (tertiary/aromatic N) is 1. The van der Waals surface area contributed by atoms with Crippen LogP contribution in [0.25, 0.3) is 0 Å². The Hall–Kier alpha value is -1.29. The molecule has 0 unspecified atom stereocenters. The third-order valence-corrected chi connectivity index (χ3v) is 2.72. The van der Waals surface area contributed by atoms with Crippen molar-refractivity contribution in [3.05, 3.63) is 24.0 Å². The van der Waals surface area contributed by atoms with Crippen LogP contribution in [-0.4, -0.2) is 22.2 Å². The van der Waals surface area contributed by atoms with Gasteiger partial charge in [-0.2, -0.15) is 0 Å². The van der Waals surface area contributed by atoms with Crippen molar-refractivity contribution in [1.29, 1.82) is 0 Å². The summed E-state index contributed by atoms with van der Waals surface area (Å²) in [5, 5.41) is 12.4. The Morgan fingerprint density at radius 3 is 2.82 bits per heavy atom. The third-order valence-electron chi connectivity index (χ3n) is 2.72. The molecular weight excluding hydrogens is 216 g/mol. The zero-order valence-electron chi connectivity index (χ0n) is 10.9. The summed E-state index contributed by atoms with van der Waals surface area (Å²) in [6.45, 7) is 7.96. The minimum absolute atomic E-state index is 0.496. The van der Waals surface area contributed by atoms with E-state index in [1.54, 1.807) is 13.8 Å². The van der Waals surface area contributed by atoms with Gasteiger partial charge in [-0.25, -0.2) is 0 Å². The summed E-state index contributed by atoms with van der Waals surface area (Å²) in [6.07, 6.45) is 5.06. The molecule has 0 radical (unpaired) electrons. The van der Waals surface area contributed by atoms with Crippen LogP contribution < -0.4 is 5.32 Å². The number of rotatable bonds is 7.